The Morgan fingerprint density at radius 3 is 2.62 bits per heavy atom. The van der Waals surface area contributed by atoms with Gasteiger partial charge in [0.2, 0.25) is 0 Å². The highest BCUT2D eigenvalue weighted by Gasteiger charge is 2.31. The van der Waals surface area contributed by atoms with Crippen LogP contribution in [0.4, 0.5) is 4.39 Å². The summed E-state index contributed by atoms with van der Waals surface area (Å²) < 4.78 is 25.7. The SMILES string of the molecule is O=c1[nH]sc2c(C3CC3)c3cc(-c4ccc(OCCN5CCNCC5)cc4)c(F)cn3c(=O)c12. The van der Waals surface area contributed by atoms with Crippen LogP contribution in [-0.4, -0.2) is 53.0 Å². The molecule has 34 heavy (non-hydrogen) atoms. The Bertz CT molecular complexity index is 1480. The molecule has 0 atom stereocenters. The molecule has 1 saturated carbocycles. The molecular weight excluding hydrogens is 455 g/mol. The van der Waals surface area contributed by atoms with E-state index >= 15 is 4.39 Å². The van der Waals surface area contributed by atoms with Crippen LogP contribution < -0.4 is 21.2 Å². The molecule has 176 valence electrons. The molecule has 2 fully saturated rings. The van der Waals surface area contributed by atoms with E-state index in [1.807, 2.05) is 24.3 Å². The molecule has 0 radical (unpaired) electrons. The van der Waals surface area contributed by atoms with E-state index in [2.05, 4.69) is 14.6 Å². The maximum absolute atomic E-state index is 15.2. The summed E-state index contributed by atoms with van der Waals surface area (Å²) in [6, 6.07) is 9.14. The van der Waals surface area contributed by atoms with E-state index in [0.29, 0.717) is 28.0 Å². The first-order chi connectivity index (χ1) is 16.6. The quantitative estimate of drug-likeness (QED) is 0.443. The number of aromatic amines is 1. The van der Waals surface area contributed by atoms with Gasteiger partial charge < -0.3 is 10.1 Å². The smallest absolute Gasteiger partial charge is 0.271 e. The van der Waals surface area contributed by atoms with Gasteiger partial charge in [-0.25, -0.2) is 4.39 Å². The van der Waals surface area contributed by atoms with E-state index in [1.54, 1.807) is 6.07 Å². The number of hydrogen-bond acceptors (Lipinski definition) is 6. The lowest BCUT2D eigenvalue weighted by atomic mass is 10.0. The Labute approximate surface area is 198 Å². The highest BCUT2D eigenvalue weighted by Crippen LogP contribution is 2.45. The monoisotopic (exact) mass is 480 g/mol. The largest absolute Gasteiger partial charge is 0.492 e. The molecule has 1 aliphatic heterocycles. The predicted molar refractivity (Wildman–Crippen MR) is 132 cm³/mol. The van der Waals surface area contributed by atoms with E-state index in [4.69, 9.17) is 4.74 Å². The minimum absolute atomic E-state index is 0.124. The summed E-state index contributed by atoms with van der Waals surface area (Å²) in [7, 11) is 0. The standard InChI is InChI=1S/C25H25FN4O3S/c26-19-14-30-20(21(16-1-2-16)23-22(25(30)32)24(31)28-34-23)13-18(19)15-3-5-17(6-4-15)33-12-11-29-9-7-27-8-10-29/h3-6,13-14,16,27H,1-2,7-12H2,(H,28,31). The number of halogens is 1. The summed E-state index contributed by atoms with van der Waals surface area (Å²) in [5.41, 5.74) is 1.89. The molecule has 1 saturated heterocycles. The van der Waals surface area contributed by atoms with Crippen molar-refractivity contribution in [3.63, 3.8) is 0 Å². The van der Waals surface area contributed by atoms with Crippen molar-refractivity contribution in [1.82, 2.24) is 19.0 Å². The lowest BCUT2D eigenvalue weighted by molar-refractivity contribution is 0.191. The molecule has 6 rings (SSSR count). The van der Waals surface area contributed by atoms with Gasteiger partial charge in [-0.1, -0.05) is 23.7 Å². The number of nitrogens with zero attached hydrogens (tertiary/aromatic N) is 2. The molecule has 3 aromatic heterocycles. The number of nitrogens with one attached hydrogen (secondary N) is 2. The Kier molecular flexibility index (Phi) is 5.47. The highest BCUT2D eigenvalue weighted by atomic mass is 32.1. The summed E-state index contributed by atoms with van der Waals surface area (Å²) in [5, 5.41) is 3.46. The summed E-state index contributed by atoms with van der Waals surface area (Å²) in [4.78, 5) is 27.6. The number of aromatic nitrogens is 2. The molecule has 9 heteroatoms. The average molecular weight is 481 g/mol. The number of pyridine rings is 2. The molecule has 1 aromatic carbocycles. The van der Waals surface area contributed by atoms with Crippen LogP contribution in [0.1, 0.15) is 24.3 Å². The van der Waals surface area contributed by atoms with E-state index in [1.165, 1.54) is 22.1 Å². The van der Waals surface area contributed by atoms with Crippen molar-refractivity contribution in [3.8, 4) is 16.9 Å². The Morgan fingerprint density at radius 1 is 1.12 bits per heavy atom. The summed E-state index contributed by atoms with van der Waals surface area (Å²) in [6.45, 7) is 5.56. The van der Waals surface area contributed by atoms with Gasteiger partial charge in [-0.3, -0.25) is 23.3 Å². The zero-order valence-corrected chi connectivity index (χ0v) is 19.4. The minimum atomic E-state index is -0.505. The van der Waals surface area contributed by atoms with Crippen LogP contribution in [0.25, 0.3) is 26.7 Å². The number of fused-ring (bicyclic) bond motifs is 2. The van der Waals surface area contributed by atoms with Gasteiger partial charge in [0.1, 0.15) is 23.6 Å². The van der Waals surface area contributed by atoms with Crippen molar-refractivity contribution >= 4 is 27.1 Å². The van der Waals surface area contributed by atoms with Crippen molar-refractivity contribution in [3.05, 3.63) is 68.6 Å². The van der Waals surface area contributed by atoms with Crippen LogP contribution in [0.5, 0.6) is 5.75 Å². The van der Waals surface area contributed by atoms with Crippen molar-refractivity contribution in [2.75, 3.05) is 39.3 Å². The molecule has 4 aromatic rings. The Hall–Kier alpha value is -3.01. The second kappa shape index (κ2) is 8.65. The van der Waals surface area contributed by atoms with Gasteiger partial charge in [-0.2, -0.15) is 0 Å². The van der Waals surface area contributed by atoms with Crippen LogP contribution in [0.2, 0.25) is 0 Å². The van der Waals surface area contributed by atoms with E-state index < -0.39 is 16.9 Å². The number of ether oxygens (including phenoxy) is 1. The number of hydrogen-bond donors (Lipinski definition) is 2. The van der Waals surface area contributed by atoms with E-state index in [9.17, 15) is 9.59 Å². The average Bonchev–Trinajstić information content (AvgIpc) is 3.62. The Balaban J connectivity index is 1.32. The zero-order valence-electron chi connectivity index (χ0n) is 18.6. The topological polar surface area (TPSA) is 78.8 Å². The van der Waals surface area contributed by atoms with Crippen LogP contribution in [0.15, 0.2) is 46.1 Å². The molecule has 4 heterocycles. The van der Waals surface area contributed by atoms with Gasteiger partial charge in [0.05, 0.1) is 10.2 Å². The Morgan fingerprint density at radius 2 is 1.88 bits per heavy atom. The van der Waals surface area contributed by atoms with Gasteiger partial charge in [0.15, 0.2) is 0 Å². The van der Waals surface area contributed by atoms with Crippen molar-refractivity contribution < 1.29 is 9.13 Å². The number of benzene rings is 1. The predicted octanol–water partition coefficient (Wildman–Crippen LogP) is 3.17. The van der Waals surface area contributed by atoms with Crippen LogP contribution in [-0.2, 0) is 0 Å². The molecular formula is C25H25FN4O3S. The lowest BCUT2D eigenvalue weighted by Gasteiger charge is -2.26. The lowest BCUT2D eigenvalue weighted by Crippen LogP contribution is -2.44. The number of piperazine rings is 1. The number of rotatable bonds is 6. The molecule has 0 unspecified atom stereocenters. The zero-order chi connectivity index (χ0) is 23.2. The van der Waals surface area contributed by atoms with Crippen molar-refractivity contribution in [2.45, 2.75) is 18.8 Å². The van der Waals surface area contributed by atoms with Crippen molar-refractivity contribution in [2.24, 2.45) is 0 Å². The van der Waals surface area contributed by atoms with Crippen LogP contribution in [0.3, 0.4) is 0 Å². The maximum atomic E-state index is 15.2. The molecule has 2 N–H and O–H groups in total. The fourth-order valence-corrected chi connectivity index (χ4v) is 5.73. The van der Waals surface area contributed by atoms with Gasteiger partial charge >= 0.3 is 0 Å². The second-order valence-corrected chi connectivity index (χ2v) is 9.80. The fourth-order valence-electron chi connectivity index (χ4n) is 4.77. The third kappa shape index (κ3) is 3.83. The molecule has 0 amide bonds. The summed E-state index contributed by atoms with van der Waals surface area (Å²) in [5.74, 6) is 0.526. The first-order valence-corrected chi connectivity index (χ1v) is 12.5. The maximum Gasteiger partial charge on any atom is 0.271 e. The first kappa shape index (κ1) is 21.5. The summed E-state index contributed by atoms with van der Waals surface area (Å²) in [6.07, 6.45) is 3.22. The third-order valence-corrected chi connectivity index (χ3v) is 7.65. The molecule has 1 aliphatic carbocycles. The fraction of sp³-hybridized carbons (Fsp3) is 0.360. The van der Waals surface area contributed by atoms with Gasteiger partial charge in [0, 0.05) is 44.5 Å². The first-order valence-electron chi connectivity index (χ1n) is 11.7. The molecule has 0 spiro atoms. The molecule has 2 aliphatic rings. The van der Waals surface area contributed by atoms with Gasteiger partial charge in [-0.05, 0) is 48.1 Å². The second-order valence-electron chi connectivity index (χ2n) is 8.99. The molecule has 0 bridgehead atoms. The third-order valence-electron chi connectivity index (χ3n) is 6.73. The van der Waals surface area contributed by atoms with Crippen molar-refractivity contribution in [1.29, 1.82) is 0 Å². The van der Waals surface area contributed by atoms with Crippen LogP contribution >= 0.6 is 11.5 Å². The van der Waals surface area contributed by atoms with E-state index in [0.717, 1.165) is 56.9 Å². The van der Waals surface area contributed by atoms with Crippen LogP contribution in [0, 0.1) is 5.82 Å². The summed E-state index contributed by atoms with van der Waals surface area (Å²) >= 11 is 1.20. The minimum Gasteiger partial charge on any atom is -0.492 e. The normalized spacial score (nSPS) is 17.0. The highest BCUT2D eigenvalue weighted by molar-refractivity contribution is 7.13. The number of H-pyrrole nitrogens is 1. The van der Waals surface area contributed by atoms with E-state index in [-0.39, 0.29) is 11.3 Å². The van der Waals surface area contributed by atoms with Gasteiger partial charge in [0.25, 0.3) is 11.1 Å². The van der Waals surface area contributed by atoms with Gasteiger partial charge in [-0.15, -0.1) is 0 Å². The molecule has 7 nitrogen and oxygen atoms in total.